The summed E-state index contributed by atoms with van der Waals surface area (Å²) in [6, 6.07) is 10.1. The van der Waals surface area contributed by atoms with Crippen molar-refractivity contribution in [3.8, 4) is 5.75 Å². The van der Waals surface area contributed by atoms with Crippen molar-refractivity contribution in [2.24, 2.45) is 0 Å². The van der Waals surface area contributed by atoms with E-state index in [4.69, 9.17) is 11.6 Å². The zero-order chi connectivity index (χ0) is 16.6. The fourth-order valence-electron chi connectivity index (χ4n) is 2.26. The SMILES string of the molecule is O=C1NC(c2ccc(OC(F)(F)F)cc2)Nc2cc(Cl)ccc21. The fraction of sp³-hybridized carbons (Fsp3) is 0.133. The Bertz CT molecular complexity index is 747. The number of benzene rings is 2. The number of rotatable bonds is 2. The summed E-state index contributed by atoms with van der Waals surface area (Å²) in [6.07, 6.45) is -5.32. The van der Waals surface area contributed by atoms with Crippen molar-refractivity contribution in [3.63, 3.8) is 0 Å². The van der Waals surface area contributed by atoms with Crippen LogP contribution in [0.25, 0.3) is 0 Å². The second-order valence-electron chi connectivity index (χ2n) is 4.86. The molecular formula is C15H10ClF3N2O2. The van der Waals surface area contributed by atoms with E-state index in [0.717, 1.165) is 0 Å². The lowest BCUT2D eigenvalue weighted by atomic mass is 10.1. The molecule has 4 nitrogen and oxygen atoms in total. The third-order valence-corrected chi connectivity index (χ3v) is 3.48. The van der Waals surface area contributed by atoms with E-state index in [1.807, 2.05) is 0 Å². The Kier molecular flexibility index (Phi) is 3.81. The van der Waals surface area contributed by atoms with Gasteiger partial charge in [0, 0.05) is 5.02 Å². The number of halogens is 4. The van der Waals surface area contributed by atoms with Gasteiger partial charge in [-0.1, -0.05) is 23.7 Å². The van der Waals surface area contributed by atoms with Crippen LogP contribution in [-0.2, 0) is 0 Å². The molecule has 3 rings (SSSR count). The predicted molar refractivity (Wildman–Crippen MR) is 78.4 cm³/mol. The van der Waals surface area contributed by atoms with Gasteiger partial charge in [-0.2, -0.15) is 0 Å². The molecule has 0 aliphatic carbocycles. The van der Waals surface area contributed by atoms with Gasteiger partial charge in [-0.15, -0.1) is 13.2 Å². The molecule has 8 heteroatoms. The number of carbonyl (C=O) groups is 1. The van der Waals surface area contributed by atoms with Crippen molar-refractivity contribution < 1.29 is 22.7 Å². The summed E-state index contributed by atoms with van der Waals surface area (Å²) in [5.74, 6) is -0.622. The van der Waals surface area contributed by atoms with Gasteiger partial charge in [0.1, 0.15) is 11.9 Å². The lowest BCUT2D eigenvalue weighted by molar-refractivity contribution is -0.274. The number of amides is 1. The Morgan fingerprint density at radius 3 is 2.39 bits per heavy atom. The van der Waals surface area contributed by atoms with Crippen molar-refractivity contribution in [1.29, 1.82) is 0 Å². The molecule has 1 amide bonds. The van der Waals surface area contributed by atoms with Gasteiger partial charge in [0.25, 0.3) is 5.91 Å². The zero-order valence-electron chi connectivity index (χ0n) is 11.4. The summed E-state index contributed by atoms with van der Waals surface area (Å²) in [4.78, 5) is 12.1. The van der Waals surface area contributed by atoms with Crippen LogP contribution in [0.2, 0.25) is 5.02 Å². The first kappa shape index (κ1) is 15.5. The van der Waals surface area contributed by atoms with E-state index < -0.39 is 12.5 Å². The second kappa shape index (κ2) is 5.66. The van der Waals surface area contributed by atoms with Crippen molar-refractivity contribution in [2.75, 3.05) is 5.32 Å². The molecule has 2 aromatic rings. The number of anilines is 1. The first-order chi connectivity index (χ1) is 10.8. The average Bonchev–Trinajstić information content (AvgIpc) is 2.45. The minimum atomic E-state index is -4.74. The quantitative estimate of drug-likeness (QED) is 0.864. The minimum absolute atomic E-state index is 0.295. The number of fused-ring (bicyclic) bond motifs is 1. The number of carbonyl (C=O) groups excluding carboxylic acids is 1. The summed E-state index contributed by atoms with van der Waals surface area (Å²) >= 11 is 5.91. The monoisotopic (exact) mass is 342 g/mol. The molecule has 1 unspecified atom stereocenters. The molecule has 2 N–H and O–H groups in total. The summed E-state index contributed by atoms with van der Waals surface area (Å²) < 4.78 is 40.3. The molecule has 0 bridgehead atoms. The van der Waals surface area contributed by atoms with Crippen LogP contribution in [0.4, 0.5) is 18.9 Å². The van der Waals surface area contributed by atoms with E-state index in [1.165, 1.54) is 24.3 Å². The number of hydrogen-bond acceptors (Lipinski definition) is 3. The van der Waals surface area contributed by atoms with Crippen LogP contribution in [0.5, 0.6) is 5.75 Å². The van der Waals surface area contributed by atoms with E-state index in [1.54, 1.807) is 18.2 Å². The highest BCUT2D eigenvalue weighted by molar-refractivity contribution is 6.31. The molecular weight excluding hydrogens is 333 g/mol. The minimum Gasteiger partial charge on any atom is -0.406 e. The molecule has 120 valence electrons. The average molecular weight is 343 g/mol. The largest absolute Gasteiger partial charge is 0.573 e. The van der Waals surface area contributed by atoms with Gasteiger partial charge in [-0.25, -0.2) is 0 Å². The van der Waals surface area contributed by atoms with E-state index in [-0.39, 0.29) is 11.7 Å². The van der Waals surface area contributed by atoms with E-state index in [0.29, 0.717) is 21.8 Å². The van der Waals surface area contributed by atoms with Crippen molar-refractivity contribution in [3.05, 3.63) is 58.6 Å². The van der Waals surface area contributed by atoms with Crippen LogP contribution in [0, 0.1) is 0 Å². The normalized spacial score (nSPS) is 17.0. The van der Waals surface area contributed by atoms with E-state index in [2.05, 4.69) is 15.4 Å². The molecule has 1 atom stereocenters. The van der Waals surface area contributed by atoms with Gasteiger partial charge in [-0.05, 0) is 35.9 Å². The summed E-state index contributed by atoms with van der Waals surface area (Å²) in [6.45, 7) is 0. The van der Waals surface area contributed by atoms with Gasteiger partial charge in [0.05, 0.1) is 11.3 Å². The van der Waals surface area contributed by atoms with Crippen LogP contribution in [0.3, 0.4) is 0 Å². The topological polar surface area (TPSA) is 50.4 Å². The van der Waals surface area contributed by atoms with Crippen molar-refractivity contribution in [2.45, 2.75) is 12.5 Å². The molecule has 0 spiro atoms. The summed E-state index contributed by atoms with van der Waals surface area (Å²) in [5.41, 5.74) is 1.59. The number of nitrogens with one attached hydrogen (secondary N) is 2. The number of alkyl halides is 3. The van der Waals surface area contributed by atoms with Gasteiger partial charge in [0.15, 0.2) is 0 Å². The van der Waals surface area contributed by atoms with Gasteiger partial charge < -0.3 is 15.4 Å². The van der Waals surface area contributed by atoms with Crippen molar-refractivity contribution in [1.82, 2.24) is 5.32 Å². The summed E-state index contributed by atoms with van der Waals surface area (Å²) in [5, 5.41) is 6.26. The molecule has 1 heterocycles. The third-order valence-electron chi connectivity index (χ3n) is 3.25. The van der Waals surface area contributed by atoms with Crippen LogP contribution in [-0.4, -0.2) is 12.3 Å². The first-order valence-corrected chi connectivity index (χ1v) is 6.92. The number of ether oxygens (including phenoxy) is 1. The fourth-order valence-corrected chi connectivity index (χ4v) is 2.44. The predicted octanol–water partition coefficient (Wildman–Crippen LogP) is 4.09. The highest BCUT2D eigenvalue weighted by Crippen LogP contribution is 2.30. The number of hydrogen-bond donors (Lipinski definition) is 2. The lowest BCUT2D eigenvalue weighted by Crippen LogP contribution is -2.38. The van der Waals surface area contributed by atoms with E-state index >= 15 is 0 Å². The Balaban J connectivity index is 1.82. The van der Waals surface area contributed by atoms with Crippen molar-refractivity contribution >= 4 is 23.2 Å². The van der Waals surface area contributed by atoms with E-state index in [9.17, 15) is 18.0 Å². The summed E-state index contributed by atoms with van der Waals surface area (Å²) in [7, 11) is 0. The Hall–Kier alpha value is -2.41. The molecule has 23 heavy (non-hydrogen) atoms. The molecule has 0 saturated heterocycles. The molecule has 2 aromatic carbocycles. The molecule has 1 aliphatic rings. The highest BCUT2D eigenvalue weighted by atomic mass is 35.5. The standard InChI is InChI=1S/C15H10ClF3N2O2/c16-9-3-6-11-12(7-9)20-13(21-14(11)22)8-1-4-10(5-2-8)23-15(17,18)19/h1-7,13,20H,(H,21,22). The molecule has 0 fully saturated rings. The maximum absolute atomic E-state index is 12.1. The van der Waals surface area contributed by atoms with Crippen LogP contribution >= 0.6 is 11.6 Å². The third kappa shape index (κ3) is 3.50. The highest BCUT2D eigenvalue weighted by Gasteiger charge is 2.31. The van der Waals surface area contributed by atoms with Crippen LogP contribution in [0.1, 0.15) is 22.1 Å². The molecule has 0 saturated carbocycles. The lowest BCUT2D eigenvalue weighted by Gasteiger charge is -2.28. The maximum atomic E-state index is 12.1. The first-order valence-electron chi connectivity index (χ1n) is 6.54. The van der Waals surface area contributed by atoms with Gasteiger partial charge in [0.2, 0.25) is 0 Å². The van der Waals surface area contributed by atoms with Crippen LogP contribution in [0.15, 0.2) is 42.5 Å². The molecule has 0 radical (unpaired) electrons. The van der Waals surface area contributed by atoms with Gasteiger partial charge >= 0.3 is 6.36 Å². The van der Waals surface area contributed by atoms with Crippen LogP contribution < -0.4 is 15.4 Å². The Labute approximate surface area is 134 Å². The maximum Gasteiger partial charge on any atom is 0.573 e. The Morgan fingerprint density at radius 1 is 1.04 bits per heavy atom. The smallest absolute Gasteiger partial charge is 0.406 e. The molecule has 1 aliphatic heterocycles. The zero-order valence-corrected chi connectivity index (χ0v) is 12.2. The molecule has 0 aromatic heterocycles. The second-order valence-corrected chi connectivity index (χ2v) is 5.29. The Morgan fingerprint density at radius 2 is 1.74 bits per heavy atom. The van der Waals surface area contributed by atoms with Gasteiger partial charge in [-0.3, -0.25) is 4.79 Å².